The molecule has 0 saturated carbocycles. The standard InChI is InChI=1S/C16H12Cl2N2OS/c17-10-5-9(15(21)13(18)6-10)8-20-16-12(7-19)11-3-1-2-4-14(11)22-16/h5-6,8,21H,1-4H2/b20-8+. The number of hydrogen-bond donors (Lipinski definition) is 1. The van der Waals surface area contributed by atoms with E-state index in [2.05, 4.69) is 11.1 Å². The minimum Gasteiger partial charge on any atom is -0.506 e. The smallest absolute Gasteiger partial charge is 0.143 e. The Morgan fingerprint density at radius 2 is 2.05 bits per heavy atom. The fourth-order valence-corrected chi connectivity index (χ4v) is 4.26. The lowest BCUT2D eigenvalue weighted by molar-refractivity contribution is 0.475. The Hall–Kier alpha value is -1.54. The lowest BCUT2D eigenvalue weighted by Crippen LogP contribution is -1.99. The summed E-state index contributed by atoms with van der Waals surface area (Å²) in [4.78, 5) is 5.64. The van der Waals surface area contributed by atoms with Crippen LogP contribution < -0.4 is 0 Å². The summed E-state index contributed by atoms with van der Waals surface area (Å²) < 4.78 is 0. The van der Waals surface area contributed by atoms with Crippen molar-refractivity contribution < 1.29 is 5.11 Å². The molecule has 0 spiro atoms. The van der Waals surface area contributed by atoms with Crippen molar-refractivity contribution in [2.75, 3.05) is 0 Å². The number of phenolic OH excluding ortho intramolecular Hbond substituents is 1. The third-order valence-corrected chi connectivity index (χ3v) is 5.35. The van der Waals surface area contributed by atoms with Crippen molar-refractivity contribution in [1.29, 1.82) is 5.26 Å². The molecular weight excluding hydrogens is 339 g/mol. The van der Waals surface area contributed by atoms with Crippen molar-refractivity contribution in [3.63, 3.8) is 0 Å². The van der Waals surface area contributed by atoms with Crippen molar-refractivity contribution in [1.82, 2.24) is 0 Å². The Labute approximate surface area is 142 Å². The van der Waals surface area contributed by atoms with E-state index in [1.807, 2.05) is 0 Å². The zero-order chi connectivity index (χ0) is 15.7. The van der Waals surface area contributed by atoms with E-state index in [0.29, 0.717) is 21.2 Å². The molecule has 0 fully saturated rings. The molecule has 1 aromatic carbocycles. The highest BCUT2D eigenvalue weighted by molar-refractivity contribution is 7.16. The number of rotatable bonds is 2. The molecule has 0 unspecified atom stereocenters. The molecule has 1 aliphatic rings. The normalized spacial score (nSPS) is 14.0. The van der Waals surface area contributed by atoms with E-state index in [-0.39, 0.29) is 10.8 Å². The lowest BCUT2D eigenvalue weighted by Gasteiger charge is -2.09. The molecule has 0 aliphatic heterocycles. The number of aryl methyl sites for hydroxylation is 1. The van der Waals surface area contributed by atoms with Crippen LogP contribution in [0.15, 0.2) is 17.1 Å². The molecular formula is C16H12Cl2N2OS. The summed E-state index contributed by atoms with van der Waals surface area (Å²) in [6, 6.07) is 5.32. The Balaban J connectivity index is 2.00. The predicted octanol–water partition coefficient (Wildman–Crippen LogP) is 5.26. The minimum absolute atomic E-state index is 0.0605. The van der Waals surface area contributed by atoms with Gasteiger partial charge in [0.2, 0.25) is 0 Å². The summed E-state index contributed by atoms with van der Waals surface area (Å²) in [7, 11) is 0. The van der Waals surface area contributed by atoms with Crippen LogP contribution in [0.5, 0.6) is 5.75 Å². The van der Waals surface area contributed by atoms with E-state index < -0.39 is 0 Å². The van der Waals surface area contributed by atoms with Gasteiger partial charge in [0.25, 0.3) is 0 Å². The van der Waals surface area contributed by atoms with Crippen LogP contribution in [0.2, 0.25) is 10.0 Å². The molecule has 112 valence electrons. The van der Waals surface area contributed by atoms with E-state index in [9.17, 15) is 10.4 Å². The van der Waals surface area contributed by atoms with Crippen LogP contribution in [-0.4, -0.2) is 11.3 Å². The highest BCUT2D eigenvalue weighted by Gasteiger charge is 2.20. The largest absolute Gasteiger partial charge is 0.506 e. The first-order chi connectivity index (χ1) is 10.6. The van der Waals surface area contributed by atoms with Gasteiger partial charge in [0.15, 0.2) is 0 Å². The maximum Gasteiger partial charge on any atom is 0.143 e. The second kappa shape index (κ2) is 6.29. The fourth-order valence-electron chi connectivity index (χ4n) is 2.57. The maximum absolute atomic E-state index is 9.95. The minimum atomic E-state index is -0.0605. The lowest BCUT2D eigenvalue weighted by atomic mass is 9.96. The topological polar surface area (TPSA) is 56.4 Å². The van der Waals surface area contributed by atoms with Crippen LogP contribution in [0.4, 0.5) is 5.00 Å². The SMILES string of the molecule is N#Cc1c(/N=C/c2cc(Cl)cc(Cl)c2O)sc2c1CCCC2. The summed E-state index contributed by atoms with van der Waals surface area (Å²) in [5.41, 5.74) is 2.23. The molecule has 2 aromatic rings. The van der Waals surface area contributed by atoms with Gasteiger partial charge in [-0.15, -0.1) is 11.3 Å². The molecule has 0 atom stereocenters. The number of benzene rings is 1. The maximum atomic E-state index is 9.95. The molecule has 6 heteroatoms. The molecule has 1 heterocycles. The molecule has 3 nitrogen and oxygen atoms in total. The number of phenols is 1. The summed E-state index contributed by atoms with van der Waals surface area (Å²) in [5.74, 6) is -0.0605. The van der Waals surface area contributed by atoms with Gasteiger partial charge in [-0.3, -0.25) is 0 Å². The Morgan fingerprint density at radius 3 is 2.82 bits per heavy atom. The number of nitrogens with zero attached hydrogens (tertiary/aromatic N) is 2. The Kier molecular flexibility index (Phi) is 4.39. The Morgan fingerprint density at radius 1 is 1.27 bits per heavy atom. The first-order valence-electron chi connectivity index (χ1n) is 6.87. The van der Waals surface area contributed by atoms with E-state index in [1.54, 1.807) is 17.4 Å². The molecule has 1 N–H and O–H groups in total. The second-order valence-electron chi connectivity index (χ2n) is 5.09. The second-order valence-corrected chi connectivity index (χ2v) is 7.01. The van der Waals surface area contributed by atoms with Crippen LogP contribution in [0.3, 0.4) is 0 Å². The number of hydrogen-bond acceptors (Lipinski definition) is 4. The number of halogens is 2. The highest BCUT2D eigenvalue weighted by Crippen LogP contribution is 2.39. The first kappa shape index (κ1) is 15.4. The van der Waals surface area contributed by atoms with Gasteiger partial charge in [-0.25, -0.2) is 4.99 Å². The Bertz CT molecular complexity index is 805. The predicted molar refractivity (Wildman–Crippen MR) is 91.1 cm³/mol. The monoisotopic (exact) mass is 350 g/mol. The van der Waals surface area contributed by atoms with Gasteiger partial charge in [0.05, 0.1) is 10.6 Å². The van der Waals surface area contributed by atoms with Crippen molar-refractivity contribution in [2.24, 2.45) is 4.99 Å². The van der Waals surface area contributed by atoms with Gasteiger partial charge in [-0.05, 0) is 43.4 Å². The zero-order valence-electron chi connectivity index (χ0n) is 11.6. The van der Waals surface area contributed by atoms with Crippen LogP contribution in [0.25, 0.3) is 0 Å². The van der Waals surface area contributed by atoms with Crippen LogP contribution >= 0.6 is 34.5 Å². The zero-order valence-corrected chi connectivity index (χ0v) is 13.9. The highest BCUT2D eigenvalue weighted by atomic mass is 35.5. The average Bonchev–Trinajstić information content (AvgIpc) is 2.86. The van der Waals surface area contributed by atoms with Gasteiger partial charge in [0, 0.05) is 21.7 Å². The molecule has 3 rings (SSSR count). The molecule has 0 bridgehead atoms. The van der Waals surface area contributed by atoms with Crippen molar-refractivity contribution >= 4 is 45.8 Å². The van der Waals surface area contributed by atoms with E-state index >= 15 is 0 Å². The van der Waals surface area contributed by atoms with Gasteiger partial charge in [-0.2, -0.15) is 5.26 Å². The third-order valence-electron chi connectivity index (χ3n) is 3.64. The van der Waals surface area contributed by atoms with Crippen molar-refractivity contribution in [3.8, 4) is 11.8 Å². The molecule has 1 aliphatic carbocycles. The first-order valence-corrected chi connectivity index (χ1v) is 8.44. The molecule has 1 aromatic heterocycles. The van der Waals surface area contributed by atoms with Crippen LogP contribution in [0, 0.1) is 11.3 Å². The summed E-state index contributed by atoms with van der Waals surface area (Å²) in [5, 5.41) is 20.6. The van der Waals surface area contributed by atoms with Crippen molar-refractivity contribution in [3.05, 3.63) is 43.7 Å². The van der Waals surface area contributed by atoms with Gasteiger partial charge < -0.3 is 5.11 Å². The van der Waals surface area contributed by atoms with E-state index in [1.165, 1.54) is 17.2 Å². The number of aliphatic imine (C=N–C) groups is 1. The molecule has 22 heavy (non-hydrogen) atoms. The molecule has 0 saturated heterocycles. The van der Waals surface area contributed by atoms with Crippen LogP contribution in [-0.2, 0) is 12.8 Å². The molecule has 0 radical (unpaired) electrons. The number of aromatic hydroxyl groups is 1. The average molecular weight is 351 g/mol. The van der Waals surface area contributed by atoms with Gasteiger partial charge in [-0.1, -0.05) is 23.2 Å². The summed E-state index contributed by atoms with van der Waals surface area (Å²) >= 11 is 13.4. The van der Waals surface area contributed by atoms with Crippen molar-refractivity contribution in [2.45, 2.75) is 25.7 Å². The fraction of sp³-hybridized carbons (Fsp3) is 0.250. The van der Waals surface area contributed by atoms with E-state index in [4.69, 9.17) is 23.2 Å². The van der Waals surface area contributed by atoms with E-state index in [0.717, 1.165) is 31.2 Å². The van der Waals surface area contributed by atoms with Gasteiger partial charge in [0.1, 0.15) is 16.8 Å². The molecule has 0 amide bonds. The van der Waals surface area contributed by atoms with Gasteiger partial charge >= 0.3 is 0 Å². The quantitative estimate of drug-likeness (QED) is 0.750. The number of thiophene rings is 1. The summed E-state index contributed by atoms with van der Waals surface area (Å²) in [6.07, 6.45) is 5.74. The summed E-state index contributed by atoms with van der Waals surface area (Å²) in [6.45, 7) is 0. The number of fused-ring (bicyclic) bond motifs is 1. The van der Waals surface area contributed by atoms with Crippen LogP contribution in [0.1, 0.15) is 34.4 Å². The number of nitriles is 1. The third kappa shape index (κ3) is 2.85.